The summed E-state index contributed by atoms with van der Waals surface area (Å²) in [5.41, 5.74) is 7.15. The number of nitriles is 1. The molecule has 0 saturated carbocycles. The van der Waals surface area contributed by atoms with Crippen LogP contribution in [0.4, 0.5) is 5.69 Å². The number of carbonyl (C=O) groups is 1. The zero-order valence-electron chi connectivity index (χ0n) is 9.49. The monoisotopic (exact) mass is 243 g/mol. The van der Waals surface area contributed by atoms with E-state index in [1.54, 1.807) is 12.1 Å². The quantitative estimate of drug-likeness (QED) is 0.608. The van der Waals surface area contributed by atoms with Crippen LogP contribution in [0.5, 0.6) is 0 Å². The van der Waals surface area contributed by atoms with E-state index in [0.717, 1.165) is 0 Å². The fourth-order valence-electron chi connectivity index (χ4n) is 1.40. The summed E-state index contributed by atoms with van der Waals surface area (Å²) >= 11 is 0. The van der Waals surface area contributed by atoms with Crippen molar-refractivity contribution in [3.8, 4) is 11.8 Å². The summed E-state index contributed by atoms with van der Waals surface area (Å²) in [4.78, 5) is 15.0. The Bertz CT molecular complexity index is 641. The number of anilines is 1. The van der Waals surface area contributed by atoms with E-state index in [1.807, 2.05) is 6.07 Å². The van der Waals surface area contributed by atoms with E-state index in [1.165, 1.54) is 24.2 Å². The average Bonchev–Trinajstić information content (AvgIpc) is 2.87. The van der Waals surface area contributed by atoms with E-state index in [9.17, 15) is 4.79 Å². The van der Waals surface area contributed by atoms with Gasteiger partial charge in [0.25, 0.3) is 5.82 Å². The highest BCUT2D eigenvalue weighted by Crippen LogP contribution is 2.17. The van der Waals surface area contributed by atoms with Crippen molar-refractivity contribution < 1.29 is 9.53 Å². The van der Waals surface area contributed by atoms with Crippen LogP contribution in [0.3, 0.4) is 0 Å². The van der Waals surface area contributed by atoms with Crippen molar-refractivity contribution in [2.75, 3.05) is 12.8 Å². The minimum Gasteiger partial charge on any atom is -0.463 e. The molecule has 18 heavy (non-hydrogen) atoms. The van der Waals surface area contributed by atoms with Gasteiger partial charge in [-0.2, -0.15) is 5.26 Å². The molecule has 0 aliphatic rings. The summed E-state index contributed by atoms with van der Waals surface area (Å²) in [6, 6.07) is 6.73. The summed E-state index contributed by atoms with van der Waals surface area (Å²) in [6.45, 7) is 0. The molecule has 1 heterocycles. The summed E-state index contributed by atoms with van der Waals surface area (Å²) in [5.74, 6) is -0.678. The third-order valence-corrected chi connectivity index (χ3v) is 2.26. The Hall–Kier alpha value is -2.88. The molecule has 0 spiro atoms. The molecule has 2 N–H and O–H groups in total. The summed E-state index contributed by atoms with van der Waals surface area (Å²) in [6.07, 6.45) is 1.35. The predicted octanol–water partition coefficient (Wildman–Crippen LogP) is 0.508. The first-order valence-electron chi connectivity index (χ1n) is 4.95. The topological polar surface area (TPSA) is 107 Å². The highest BCUT2D eigenvalue weighted by atomic mass is 16.5. The Labute approximate surface area is 102 Å². The number of methoxy groups -OCH3 is 1. The smallest absolute Gasteiger partial charge is 0.377 e. The molecule has 0 radical (unpaired) electrons. The van der Waals surface area contributed by atoms with E-state index >= 15 is 0 Å². The number of carbonyl (C=O) groups excluding carboxylic acids is 1. The molecule has 0 atom stereocenters. The van der Waals surface area contributed by atoms with Gasteiger partial charge in [-0.05, 0) is 18.2 Å². The van der Waals surface area contributed by atoms with Crippen molar-refractivity contribution in [1.82, 2.24) is 14.8 Å². The van der Waals surface area contributed by atoms with Gasteiger partial charge < -0.3 is 10.5 Å². The number of hydrogen-bond acceptors (Lipinski definition) is 6. The molecule has 0 saturated heterocycles. The Kier molecular flexibility index (Phi) is 2.93. The van der Waals surface area contributed by atoms with Crippen molar-refractivity contribution in [3.63, 3.8) is 0 Å². The number of aromatic nitrogens is 3. The highest BCUT2D eigenvalue weighted by molar-refractivity contribution is 5.84. The molecule has 0 unspecified atom stereocenters. The molecular formula is C11H9N5O2. The molecule has 0 bridgehead atoms. The molecule has 90 valence electrons. The van der Waals surface area contributed by atoms with Gasteiger partial charge in [-0.15, -0.1) is 5.10 Å². The van der Waals surface area contributed by atoms with Crippen LogP contribution in [0.1, 0.15) is 16.2 Å². The van der Waals surface area contributed by atoms with Crippen LogP contribution in [0, 0.1) is 11.3 Å². The lowest BCUT2D eigenvalue weighted by Crippen LogP contribution is -2.06. The van der Waals surface area contributed by atoms with Gasteiger partial charge in [-0.3, -0.25) is 0 Å². The summed E-state index contributed by atoms with van der Waals surface area (Å²) in [5, 5.41) is 12.7. The fourth-order valence-corrected chi connectivity index (χ4v) is 1.40. The maximum absolute atomic E-state index is 11.2. The Morgan fingerprint density at radius 2 is 2.33 bits per heavy atom. The van der Waals surface area contributed by atoms with Crippen molar-refractivity contribution >= 4 is 11.7 Å². The van der Waals surface area contributed by atoms with Gasteiger partial charge in [-0.25, -0.2) is 14.5 Å². The van der Waals surface area contributed by atoms with Crippen LogP contribution >= 0.6 is 0 Å². The number of ether oxygens (including phenoxy) is 1. The van der Waals surface area contributed by atoms with Crippen LogP contribution in [0.2, 0.25) is 0 Å². The van der Waals surface area contributed by atoms with Crippen molar-refractivity contribution in [1.29, 1.82) is 5.26 Å². The summed E-state index contributed by atoms with van der Waals surface area (Å²) < 4.78 is 5.85. The lowest BCUT2D eigenvalue weighted by Gasteiger charge is -2.04. The number of rotatable bonds is 2. The maximum atomic E-state index is 11.2. The first kappa shape index (κ1) is 11.6. The number of hydrogen-bond donors (Lipinski definition) is 1. The first-order valence-corrected chi connectivity index (χ1v) is 4.95. The number of esters is 1. The molecule has 0 aliphatic heterocycles. The van der Waals surface area contributed by atoms with Crippen molar-refractivity contribution in [3.05, 3.63) is 35.9 Å². The molecule has 0 amide bonds. The van der Waals surface area contributed by atoms with Gasteiger partial charge in [0.15, 0.2) is 0 Å². The second-order valence-electron chi connectivity index (χ2n) is 3.39. The maximum Gasteiger partial charge on any atom is 0.377 e. The number of benzene rings is 1. The minimum absolute atomic E-state index is 0.0544. The predicted molar refractivity (Wildman–Crippen MR) is 61.8 cm³/mol. The average molecular weight is 243 g/mol. The molecule has 7 heteroatoms. The second kappa shape index (κ2) is 4.55. The van der Waals surface area contributed by atoms with Crippen LogP contribution in [-0.4, -0.2) is 27.8 Å². The molecule has 7 nitrogen and oxygen atoms in total. The fraction of sp³-hybridized carbons (Fsp3) is 0.0909. The van der Waals surface area contributed by atoms with Crippen LogP contribution in [0.15, 0.2) is 24.5 Å². The number of nitrogens with two attached hydrogens (primary N) is 1. The SMILES string of the molecule is COC(=O)c1ncn(-c2ccc(C#N)cc2N)n1. The molecule has 0 fully saturated rings. The third kappa shape index (κ3) is 1.99. The van der Waals surface area contributed by atoms with Crippen LogP contribution in [0.25, 0.3) is 5.69 Å². The molecule has 2 aromatic rings. The minimum atomic E-state index is -0.624. The van der Waals surface area contributed by atoms with Gasteiger partial charge in [0, 0.05) is 0 Å². The zero-order chi connectivity index (χ0) is 13.1. The van der Waals surface area contributed by atoms with E-state index in [0.29, 0.717) is 16.9 Å². The Morgan fingerprint density at radius 1 is 1.56 bits per heavy atom. The summed E-state index contributed by atoms with van der Waals surface area (Å²) in [7, 11) is 1.25. The van der Waals surface area contributed by atoms with Crippen molar-refractivity contribution in [2.45, 2.75) is 0 Å². The van der Waals surface area contributed by atoms with Gasteiger partial charge in [0.05, 0.1) is 30.1 Å². The highest BCUT2D eigenvalue weighted by Gasteiger charge is 2.13. The Morgan fingerprint density at radius 3 is 2.94 bits per heavy atom. The largest absolute Gasteiger partial charge is 0.463 e. The van der Waals surface area contributed by atoms with Gasteiger partial charge in [0.1, 0.15) is 6.33 Å². The van der Waals surface area contributed by atoms with E-state index in [2.05, 4.69) is 14.8 Å². The lowest BCUT2D eigenvalue weighted by atomic mass is 10.2. The normalized spacial score (nSPS) is 9.78. The molecule has 0 aliphatic carbocycles. The van der Waals surface area contributed by atoms with Gasteiger partial charge >= 0.3 is 5.97 Å². The second-order valence-corrected chi connectivity index (χ2v) is 3.39. The number of nitrogen functional groups attached to an aromatic ring is 1. The number of nitrogens with zero attached hydrogens (tertiary/aromatic N) is 4. The van der Waals surface area contributed by atoms with Gasteiger partial charge in [-0.1, -0.05) is 0 Å². The van der Waals surface area contributed by atoms with Crippen molar-refractivity contribution in [2.24, 2.45) is 0 Å². The lowest BCUT2D eigenvalue weighted by molar-refractivity contribution is 0.0587. The Balaban J connectivity index is 2.41. The zero-order valence-corrected chi connectivity index (χ0v) is 9.49. The molecule has 1 aromatic carbocycles. The first-order chi connectivity index (χ1) is 8.65. The van der Waals surface area contributed by atoms with E-state index < -0.39 is 5.97 Å². The van der Waals surface area contributed by atoms with E-state index in [4.69, 9.17) is 11.0 Å². The molecule has 2 rings (SSSR count). The van der Waals surface area contributed by atoms with Gasteiger partial charge in [0.2, 0.25) is 0 Å². The van der Waals surface area contributed by atoms with Crippen LogP contribution < -0.4 is 5.73 Å². The van der Waals surface area contributed by atoms with Crippen LogP contribution in [-0.2, 0) is 4.74 Å². The standard InChI is InChI=1S/C11H9N5O2/c1-18-11(17)10-14-6-16(15-10)9-3-2-7(5-12)4-8(9)13/h2-4,6H,13H2,1H3. The molecular weight excluding hydrogens is 234 g/mol. The molecule has 1 aromatic heterocycles. The van der Waals surface area contributed by atoms with E-state index in [-0.39, 0.29) is 5.82 Å². The third-order valence-electron chi connectivity index (χ3n) is 2.26.